The van der Waals surface area contributed by atoms with Crippen LogP contribution in [0.5, 0.6) is 0 Å². The third kappa shape index (κ3) is 4.29. The molecule has 0 unspecified atom stereocenters. The molecule has 138 valence electrons. The summed E-state index contributed by atoms with van der Waals surface area (Å²) >= 11 is 1.18. The van der Waals surface area contributed by atoms with Gasteiger partial charge in [-0.3, -0.25) is 14.9 Å². The second kappa shape index (κ2) is 7.96. The first-order chi connectivity index (χ1) is 13.0. The fourth-order valence-electron chi connectivity index (χ4n) is 2.40. The summed E-state index contributed by atoms with van der Waals surface area (Å²) in [4.78, 5) is 22.7. The van der Waals surface area contributed by atoms with Crippen LogP contribution in [0.1, 0.15) is 11.1 Å². The number of nitro groups is 1. The van der Waals surface area contributed by atoms with Crippen LogP contribution < -0.4 is 5.32 Å². The number of carbonyl (C=O) groups excluding carboxylic acids is 1. The van der Waals surface area contributed by atoms with Gasteiger partial charge in [0.1, 0.15) is 0 Å². The molecule has 0 atom stereocenters. The molecule has 3 rings (SSSR count). The van der Waals surface area contributed by atoms with Crippen LogP contribution in [-0.4, -0.2) is 36.8 Å². The Bertz CT molecular complexity index is 1000. The molecular formula is C17H16N6O3S. The summed E-state index contributed by atoms with van der Waals surface area (Å²) in [5.41, 5.74) is 2.91. The van der Waals surface area contributed by atoms with Gasteiger partial charge in [-0.2, -0.15) is 4.68 Å². The van der Waals surface area contributed by atoms with Gasteiger partial charge in [0.2, 0.25) is 11.1 Å². The Morgan fingerprint density at radius 1 is 1.22 bits per heavy atom. The van der Waals surface area contributed by atoms with Gasteiger partial charge in [0, 0.05) is 12.1 Å². The molecule has 10 heteroatoms. The molecule has 0 radical (unpaired) electrons. The summed E-state index contributed by atoms with van der Waals surface area (Å²) in [5, 5.41) is 25.7. The number of aromatic nitrogens is 4. The quantitative estimate of drug-likeness (QED) is 0.394. The maximum Gasteiger partial charge on any atom is 0.271 e. The van der Waals surface area contributed by atoms with Gasteiger partial charge in [0.25, 0.3) is 5.69 Å². The minimum absolute atomic E-state index is 0.0639. The van der Waals surface area contributed by atoms with Crippen LogP contribution in [0.15, 0.2) is 47.6 Å². The van der Waals surface area contributed by atoms with Crippen molar-refractivity contribution in [1.82, 2.24) is 20.2 Å². The van der Waals surface area contributed by atoms with E-state index in [-0.39, 0.29) is 17.3 Å². The van der Waals surface area contributed by atoms with E-state index in [2.05, 4.69) is 20.8 Å². The third-order valence-corrected chi connectivity index (χ3v) is 4.74. The van der Waals surface area contributed by atoms with Crippen LogP contribution >= 0.6 is 11.8 Å². The lowest BCUT2D eigenvalue weighted by molar-refractivity contribution is -0.384. The average Bonchev–Trinajstić information content (AvgIpc) is 3.10. The maximum atomic E-state index is 12.3. The van der Waals surface area contributed by atoms with Crippen LogP contribution in [0.2, 0.25) is 0 Å². The number of amides is 1. The normalized spacial score (nSPS) is 10.6. The van der Waals surface area contributed by atoms with E-state index in [0.717, 1.165) is 16.8 Å². The molecule has 1 N–H and O–H groups in total. The van der Waals surface area contributed by atoms with E-state index >= 15 is 0 Å². The number of non-ortho nitro benzene ring substituents is 1. The Hall–Kier alpha value is -3.27. The lowest BCUT2D eigenvalue weighted by Crippen LogP contribution is -2.15. The SMILES string of the molecule is Cc1ccc([N+](=O)[O-])cc1NC(=O)CSc1nnnn1-c1ccccc1C. The molecule has 0 bridgehead atoms. The van der Waals surface area contributed by atoms with E-state index in [9.17, 15) is 14.9 Å². The number of anilines is 1. The largest absolute Gasteiger partial charge is 0.325 e. The molecule has 3 aromatic rings. The highest BCUT2D eigenvalue weighted by Crippen LogP contribution is 2.23. The Balaban J connectivity index is 1.69. The topological polar surface area (TPSA) is 116 Å². The second-order valence-electron chi connectivity index (χ2n) is 5.75. The van der Waals surface area contributed by atoms with Crippen molar-refractivity contribution in [2.45, 2.75) is 19.0 Å². The lowest BCUT2D eigenvalue weighted by atomic mass is 10.2. The van der Waals surface area contributed by atoms with Crippen molar-refractivity contribution in [3.05, 3.63) is 63.7 Å². The van der Waals surface area contributed by atoms with Gasteiger partial charge in [0.05, 0.1) is 22.1 Å². The van der Waals surface area contributed by atoms with Crippen LogP contribution in [0, 0.1) is 24.0 Å². The van der Waals surface area contributed by atoms with Crippen molar-refractivity contribution in [3.63, 3.8) is 0 Å². The smallest absolute Gasteiger partial charge is 0.271 e. The highest BCUT2D eigenvalue weighted by Gasteiger charge is 2.15. The zero-order valence-electron chi connectivity index (χ0n) is 14.6. The van der Waals surface area contributed by atoms with Gasteiger partial charge < -0.3 is 5.32 Å². The van der Waals surface area contributed by atoms with E-state index in [1.54, 1.807) is 17.7 Å². The molecule has 0 aliphatic carbocycles. The molecule has 27 heavy (non-hydrogen) atoms. The molecule has 9 nitrogen and oxygen atoms in total. The molecule has 0 spiro atoms. The first kappa shape index (κ1) is 18.5. The lowest BCUT2D eigenvalue weighted by Gasteiger charge is -2.09. The van der Waals surface area contributed by atoms with Crippen molar-refractivity contribution in [2.75, 3.05) is 11.1 Å². The highest BCUT2D eigenvalue weighted by atomic mass is 32.2. The van der Waals surface area contributed by atoms with Crippen molar-refractivity contribution >= 4 is 29.0 Å². The monoisotopic (exact) mass is 384 g/mol. The van der Waals surface area contributed by atoms with E-state index in [0.29, 0.717) is 10.8 Å². The van der Waals surface area contributed by atoms with Crippen LogP contribution in [0.25, 0.3) is 5.69 Å². The molecule has 0 saturated heterocycles. The summed E-state index contributed by atoms with van der Waals surface area (Å²) < 4.78 is 1.58. The first-order valence-corrected chi connectivity index (χ1v) is 8.96. The maximum absolute atomic E-state index is 12.3. The predicted molar refractivity (Wildman–Crippen MR) is 101 cm³/mol. The predicted octanol–water partition coefficient (Wildman–Crippen LogP) is 2.92. The number of tetrazole rings is 1. The summed E-state index contributed by atoms with van der Waals surface area (Å²) in [6.07, 6.45) is 0. The number of rotatable bonds is 6. The molecule has 0 aliphatic heterocycles. The number of nitrogens with zero attached hydrogens (tertiary/aromatic N) is 5. The Kier molecular flexibility index (Phi) is 5.46. The zero-order valence-corrected chi connectivity index (χ0v) is 15.4. The number of benzene rings is 2. The molecule has 1 heterocycles. The Morgan fingerprint density at radius 3 is 2.74 bits per heavy atom. The molecule has 0 fully saturated rings. The summed E-state index contributed by atoms with van der Waals surface area (Å²) in [6, 6.07) is 12.0. The number of para-hydroxylation sites is 1. The minimum Gasteiger partial charge on any atom is -0.325 e. The van der Waals surface area contributed by atoms with Gasteiger partial charge in [0.15, 0.2) is 0 Å². The van der Waals surface area contributed by atoms with E-state index in [1.807, 2.05) is 31.2 Å². The first-order valence-electron chi connectivity index (χ1n) is 7.98. The fraction of sp³-hybridized carbons (Fsp3) is 0.176. The molecule has 1 amide bonds. The van der Waals surface area contributed by atoms with Gasteiger partial charge in [-0.1, -0.05) is 36.0 Å². The molecule has 2 aromatic carbocycles. The number of hydrogen-bond donors (Lipinski definition) is 1. The van der Waals surface area contributed by atoms with Crippen molar-refractivity contribution in [2.24, 2.45) is 0 Å². The van der Waals surface area contributed by atoms with Gasteiger partial charge in [-0.15, -0.1) is 5.10 Å². The summed E-state index contributed by atoms with van der Waals surface area (Å²) in [7, 11) is 0. The van der Waals surface area contributed by atoms with Crippen LogP contribution in [0.3, 0.4) is 0 Å². The molecular weight excluding hydrogens is 368 g/mol. The van der Waals surface area contributed by atoms with Crippen molar-refractivity contribution in [3.8, 4) is 5.69 Å². The third-order valence-electron chi connectivity index (χ3n) is 3.82. The summed E-state index contributed by atoms with van der Waals surface area (Å²) in [5.74, 6) is -0.239. The fourth-order valence-corrected chi connectivity index (χ4v) is 3.08. The van der Waals surface area contributed by atoms with Crippen molar-refractivity contribution < 1.29 is 9.72 Å². The van der Waals surface area contributed by atoms with Crippen LogP contribution in [0.4, 0.5) is 11.4 Å². The molecule has 0 saturated carbocycles. The van der Waals surface area contributed by atoms with E-state index < -0.39 is 4.92 Å². The van der Waals surface area contributed by atoms with E-state index in [1.165, 1.54) is 23.9 Å². The number of nitrogens with one attached hydrogen (secondary N) is 1. The average molecular weight is 384 g/mol. The number of aryl methyl sites for hydroxylation is 2. The summed E-state index contributed by atoms with van der Waals surface area (Å²) in [6.45, 7) is 3.72. The number of hydrogen-bond acceptors (Lipinski definition) is 7. The van der Waals surface area contributed by atoms with Gasteiger partial charge in [-0.05, 0) is 41.5 Å². The minimum atomic E-state index is -0.500. The standard InChI is InChI=1S/C17H16N6O3S/c1-11-7-8-13(23(25)26)9-14(11)18-16(24)10-27-17-19-20-21-22(17)15-6-4-3-5-12(15)2/h3-9H,10H2,1-2H3,(H,18,24). The Morgan fingerprint density at radius 2 is 2.00 bits per heavy atom. The van der Waals surface area contributed by atoms with Crippen LogP contribution in [-0.2, 0) is 4.79 Å². The number of carbonyl (C=O) groups is 1. The molecule has 1 aromatic heterocycles. The van der Waals surface area contributed by atoms with Gasteiger partial charge in [-0.25, -0.2) is 0 Å². The Labute approximate surface area is 158 Å². The zero-order chi connectivity index (χ0) is 19.4. The molecule has 0 aliphatic rings. The number of nitro benzene ring substituents is 1. The number of thioether (sulfide) groups is 1. The second-order valence-corrected chi connectivity index (χ2v) is 6.70. The van der Waals surface area contributed by atoms with Gasteiger partial charge >= 0.3 is 0 Å². The highest BCUT2D eigenvalue weighted by molar-refractivity contribution is 7.99. The van der Waals surface area contributed by atoms with Crippen molar-refractivity contribution in [1.29, 1.82) is 0 Å². The van der Waals surface area contributed by atoms with E-state index in [4.69, 9.17) is 0 Å².